The lowest BCUT2D eigenvalue weighted by Gasteiger charge is -2.16. The summed E-state index contributed by atoms with van der Waals surface area (Å²) >= 11 is 0. The van der Waals surface area contributed by atoms with Crippen LogP contribution < -0.4 is 0 Å². The third-order valence-electron chi connectivity index (χ3n) is 3.49. The van der Waals surface area contributed by atoms with E-state index in [2.05, 4.69) is 6.58 Å². The van der Waals surface area contributed by atoms with Gasteiger partial charge < -0.3 is 9.05 Å². The van der Waals surface area contributed by atoms with Gasteiger partial charge in [-0.15, -0.1) is 6.58 Å². The van der Waals surface area contributed by atoms with Crippen molar-refractivity contribution in [2.45, 2.75) is 78.1 Å². The minimum atomic E-state index is -2.80. The molecule has 0 aliphatic carbocycles. The summed E-state index contributed by atoms with van der Waals surface area (Å²) in [6.45, 7) is 8.39. The SMILES string of the molecule is C=CCCCCCCCCCCCP(=O)(OCC)OCC. The van der Waals surface area contributed by atoms with E-state index in [9.17, 15) is 4.57 Å². The molecular formula is C17H35O3P. The molecular weight excluding hydrogens is 283 g/mol. The van der Waals surface area contributed by atoms with Crippen LogP contribution in [0.15, 0.2) is 12.7 Å². The van der Waals surface area contributed by atoms with Gasteiger partial charge >= 0.3 is 7.60 Å². The van der Waals surface area contributed by atoms with E-state index in [1.165, 1.54) is 44.9 Å². The van der Waals surface area contributed by atoms with Crippen molar-refractivity contribution in [2.24, 2.45) is 0 Å². The van der Waals surface area contributed by atoms with Gasteiger partial charge in [-0.2, -0.15) is 0 Å². The highest BCUT2D eigenvalue weighted by Gasteiger charge is 2.22. The third kappa shape index (κ3) is 13.3. The van der Waals surface area contributed by atoms with E-state index < -0.39 is 7.60 Å². The first kappa shape index (κ1) is 20.9. The van der Waals surface area contributed by atoms with Crippen molar-refractivity contribution < 1.29 is 13.6 Å². The first-order chi connectivity index (χ1) is 10.2. The minimum Gasteiger partial charge on any atom is -0.309 e. The highest BCUT2D eigenvalue weighted by Crippen LogP contribution is 2.48. The van der Waals surface area contributed by atoms with Gasteiger partial charge in [0.2, 0.25) is 0 Å². The molecule has 0 aliphatic heterocycles. The number of rotatable bonds is 16. The maximum Gasteiger partial charge on any atom is 0.330 e. The van der Waals surface area contributed by atoms with E-state index in [4.69, 9.17) is 9.05 Å². The Bertz CT molecular complexity index is 269. The molecule has 0 bridgehead atoms. The van der Waals surface area contributed by atoms with Gasteiger partial charge in [0.15, 0.2) is 0 Å². The number of hydrogen-bond donors (Lipinski definition) is 0. The van der Waals surface area contributed by atoms with E-state index in [0.717, 1.165) is 19.3 Å². The van der Waals surface area contributed by atoms with Crippen molar-refractivity contribution in [2.75, 3.05) is 19.4 Å². The Hall–Kier alpha value is -0.110. The first-order valence-electron chi connectivity index (χ1n) is 8.67. The fourth-order valence-electron chi connectivity index (χ4n) is 2.39. The lowest BCUT2D eigenvalue weighted by atomic mass is 10.1. The predicted molar refractivity (Wildman–Crippen MR) is 92.1 cm³/mol. The molecule has 0 aromatic carbocycles. The van der Waals surface area contributed by atoms with Crippen LogP contribution in [0.5, 0.6) is 0 Å². The van der Waals surface area contributed by atoms with Gasteiger partial charge in [-0.25, -0.2) is 0 Å². The molecule has 3 nitrogen and oxygen atoms in total. The summed E-state index contributed by atoms with van der Waals surface area (Å²) in [6, 6.07) is 0. The summed E-state index contributed by atoms with van der Waals surface area (Å²) in [4.78, 5) is 0. The summed E-state index contributed by atoms with van der Waals surface area (Å²) < 4.78 is 22.8. The predicted octanol–water partition coefficient (Wildman–Crippen LogP) is 6.34. The van der Waals surface area contributed by atoms with Crippen LogP contribution in [0.1, 0.15) is 78.1 Å². The van der Waals surface area contributed by atoms with E-state index >= 15 is 0 Å². The zero-order valence-electron chi connectivity index (χ0n) is 14.1. The van der Waals surface area contributed by atoms with Gasteiger partial charge in [0.1, 0.15) is 0 Å². The normalized spacial score (nSPS) is 11.7. The Balaban J connectivity index is 3.41. The molecule has 0 aromatic rings. The van der Waals surface area contributed by atoms with Crippen LogP contribution in [0.25, 0.3) is 0 Å². The van der Waals surface area contributed by atoms with Crippen LogP contribution in [-0.4, -0.2) is 19.4 Å². The number of unbranched alkanes of at least 4 members (excludes halogenated alkanes) is 9. The average Bonchev–Trinajstić information content (AvgIpc) is 2.45. The highest BCUT2D eigenvalue weighted by atomic mass is 31.2. The molecule has 21 heavy (non-hydrogen) atoms. The fraction of sp³-hybridized carbons (Fsp3) is 0.882. The maximum atomic E-state index is 12.2. The van der Waals surface area contributed by atoms with Crippen molar-refractivity contribution in [3.63, 3.8) is 0 Å². The molecule has 0 heterocycles. The molecule has 0 amide bonds. The maximum absolute atomic E-state index is 12.2. The third-order valence-corrected chi connectivity index (χ3v) is 5.66. The summed E-state index contributed by atoms with van der Waals surface area (Å²) in [5.41, 5.74) is 0. The quantitative estimate of drug-likeness (QED) is 0.189. The van der Waals surface area contributed by atoms with Crippen molar-refractivity contribution >= 4 is 7.60 Å². The second-order valence-electron chi connectivity index (χ2n) is 5.43. The first-order valence-corrected chi connectivity index (χ1v) is 10.4. The molecule has 0 N–H and O–H groups in total. The molecule has 0 aromatic heterocycles. The highest BCUT2D eigenvalue weighted by molar-refractivity contribution is 7.53. The molecule has 0 spiro atoms. The molecule has 0 saturated carbocycles. The summed E-state index contributed by atoms with van der Waals surface area (Å²) in [7, 11) is -2.80. The van der Waals surface area contributed by atoms with E-state index in [-0.39, 0.29) is 0 Å². The lowest BCUT2D eigenvalue weighted by molar-refractivity contribution is 0.219. The summed E-state index contributed by atoms with van der Waals surface area (Å²) in [5, 5.41) is 0. The second kappa shape index (κ2) is 14.8. The number of allylic oxidation sites excluding steroid dienone is 1. The van der Waals surface area contributed by atoms with Crippen LogP contribution in [0, 0.1) is 0 Å². The van der Waals surface area contributed by atoms with Gasteiger partial charge in [0.25, 0.3) is 0 Å². The molecule has 4 heteroatoms. The Morgan fingerprint density at radius 1 is 0.810 bits per heavy atom. The summed E-state index contributed by atoms with van der Waals surface area (Å²) in [6.07, 6.45) is 14.9. The molecule has 0 unspecified atom stereocenters. The zero-order chi connectivity index (χ0) is 15.8. The van der Waals surface area contributed by atoms with Crippen molar-refractivity contribution in [3.8, 4) is 0 Å². The average molecular weight is 318 g/mol. The van der Waals surface area contributed by atoms with E-state index in [0.29, 0.717) is 19.4 Å². The Labute approximate surface area is 132 Å². The van der Waals surface area contributed by atoms with Crippen molar-refractivity contribution in [3.05, 3.63) is 12.7 Å². The van der Waals surface area contributed by atoms with Crippen LogP contribution in [0.3, 0.4) is 0 Å². The Morgan fingerprint density at radius 2 is 1.24 bits per heavy atom. The summed E-state index contributed by atoms with van der Waals surface area (Å²) in [5.74, 6) is 0. The molecule has 0 radical (unpaired) electrons. The van der Waals surface area contributed by atoms with E-state index in [1.54, 1.807) is 0 Å². The molecule has 0 atom stereocenters. The molecule has 0 rings (SSSR count). The standard InChI is InChI=1S/C17H35O3P/c1-4-7-8-9-10-11-12-13-14-15-16-17-21(18,19-5-2)20-6-3/h4H,1,5-17H2,2-3H3. The second-order valence-corrected chi connectivity index (χ2v) is 7.61. The van der Waals surface area contributed by atoms with Crippen LogP contribution in [-0.2, 0) is 13.6 Å². The Kier molecular flexibility index (Phi) is 14.7. The largest absolute Gasteiger partial charge is 0.330 e. The smallest absolute Gasteiger partial charge is 0.309 e. The lowest BCUT2D eigenvalue weighted by Crippen LogP contribution is -2.00. The topological polar surface area (TPSA) is 35.5 Å². The molecule has 0 saturated heterocycles. The minimum absolute atomic E-state index is 0.461. The van der Waals surface area contributed by atoms with Crippen LogP contribution in [0.4, 0.5) is 0 Å². The van der Waals surface area contributed by atoms with Crippen LogP contribution in [0.2, 0.25) is 0 Å². The monoisotopic (exact) mass is 318 g/mol. The van der Waals surface area contributed by atoms with Crippen LogP contribution >= 0.6 is 7.60 Å². The zero-order valence-corrected chi connectivity index (χ0v) is 15.0. The van der Waals surface area contributed by atoms with Gasteiger partial charge in [-0.1, -0.05) is 51.0 Å². The van der Waals surface area contributed by atoms with Crippen molar-refractivity contribution in [1.82, 2.24) is 0 Å². The van der Waals surface area contributed by atoms with Crippen molar-refractivity contribution in [1.29, 1.82) is 0 Å². The van der Waals surface area contributed by atoms with Gasteiger partial charge in [0.05, 0.1) is 19.4 Å². The molecule has 126 valence electrons. The van der Waals surface area contributed by atoms with Gasteiger partial charge in [-0.3, -0.25) is 4.57 Å². The van der Waals surface area contributed by atoms with Gasteiger partial charge in [-0.05, 0) is 33.1 Å². The Morgan fingerprint density at radius 3 is 1.67 bits per heavy atom. The fourth-order valence-corrected chi connectivity index (χ4v) is 4.12. The number of hydrogen-bond acceptors (Lipinski definition) is 3. The molecule has 0 fully saturated rings. The van der Waals surface area contributed by atoms with Gasteiger partial charge in [0, 0.05) is 0 Å². The molecule has 0 aliphatic rings. The van der Waals surface area contributed by atoms with E-state index in [1.807, 2.05) is 19.9 Å².